The Morgan fingerprint density at radius 2 is 1.76 bits per heavy atom. The zero-order valence-corrected chi connectivity index (χ0v) is 11.8. The average molecular weight is 282 g/mol. The van der Waals surface area contributed by atoms with Gasteiger partial charge in [0.1, 0.15) is 11.5 Å². The van der Waals surface area contributed by atoms with Crippen LogP contribution >= 0.6 is 0 Å². The number of ketones is 1. The molecule has 0 heterocycles. The first-order valence-electron chi connectivity index (χ1n) is 6.86. The minimum Gasteiger partial charge on any atom is -0.508 e. The second-order valence-electron chi connectivity index (χ2n) is 4.70. The van der Waals surface area contributed by atoms with Crippen LogP contribution in [-0.4, -0.2) is 17.5 Å². The first-order valence-corrected chi connectivity index (χ1v) is 6.86. The fourth-order valence-corrected chi connectivity index (χ4v) is 1.91. The standard InChI is InChI=1S/C18H18O3/c1-2-14-5-7-15(8-6-14)18(20)4-3-13-21-17-11-9-16(19)10-12-17/h2,5-12,19H,1,3-4,13H2. The third kappa shape index (κ3) is 4.49. The summed E-state index contributed by atoms with van der Waals surface area (Å²) >= 11 is 0. The van der Waals surface area contributed by atoms with Crippen molar-refractivity contribution in [2.75, 3.05) is 6.61 Å². The van der Waals surface area contributed by atoms with Crippen LogP contribution in [0.1, 0.15) is 28.8 Å². The topological polar surface area (TPSA) is 46.5 Å². The molecular formula is C18H18O3. The highest BCUT2D eigenvalue weighted by atomic mass is 16.5. The largest absolute Gasteiger partial charge is 0.508 e. The van der Waals surface area contributed by atoms with Crippen LogP contribution in [0.3, 0.4) is 0 Å². The first-order chi connectivity index (χ1) is 10.2. The molecule has 2 rings (SSSR count). The predicted octanol–water partition coefficient (Wildman–Crippen LogP) is 4.08. The zero-order chi connectivity index (χ0) is 15.1. The number of benzene rings is 2. The molecule has 0 aromatic heterocycles. The molecule has 0 fully saturated rings. The highest BCUT2D eigenvalue weighted by Crippen LogP contribution is 2.16. The highest BCUT2D eigenvalue weighted by Gasteiger charge is 2.05. The number of hydrogen-bond acceptors (Lipinski definition) is 3. The van der Waals surface area contributed by atoms with Gasteiger partial charge >= 0.3 is 0 Å². The molecule has 21 heavy (non-hydrogen) atoms. The molecular weight excluding hydrogens is 264 g/mol. The number of hydrogen-bond donors (Lipinski definition) is 1. The van der Waals surface area contributed by atoms with Gasteiger partial charge in [-0.1, -0.05) is 36.9 Å². The van der Waals surface area contributed by atoms with Crippen molar-refractivity contribution in [3.63, 3.8) is 0 Å². The lowest BCUT2D eigenvalue weighted by Crippen LogP contribution is -2.03. The summed E-state index contributed by atoms with van der Waals surface area (Å²) in [5, 5.41) is 9.16. The van der Waals surface area contributed by atoms with Crippen LogP contribution in [0.4, 0.5) is 0 Å². The lowest BCUT2D eigenvalue weighted by atomic mass is 10.0. The van der Waals surface area contributed by atoms with E-state index >= 15 is 0 Å². The van der Waals surface area contributed by atoms with Gasteiger partial charge in [0.15, 0.2) is 5.78 Å². The number of carbonyl (C=O) groups excluding carboxylic acids is 1. The van der Waals surface area contributed by atoms with Crippen molar-refractivity contribution in [3.8, 4) is 11.5 Å². The van der Waals surface area contributed by atoms with Crippen molar-refractivity contribution in [2.45, 2.75) is 12.8 Å². The van der Waals surface area contributed by atoms with Gasteiger partial charge in [-0.15, -0.1) is 0 Å². The fraction of sp³-hybridized carbons (Fsp3) is 0.167. The number of phenolic OH excluding ortho intramolecular Hbond substituents is 1. The van der Waals surface area contributed by atoms with E-state index in [2.05, 4.69) is 6.58 Å². The number of rotatable bonds is 7. The normalized spacial score (nSPS) is 10.1. The van der Waals surface area contributed by atoms with Gasteiger partial charge < -0.3 is 9.84 Å². The van der Waals surface area contributed by atoms with Crippen LogP contribution in [0.15, 0.2) is 55.1 Å². The number of phenols is 1. The number of aromatic hydroxyl groups is 1. The lowest BCUT2D eigenvalue weighted by Gasteiger charge is -2.06. The number of Topliss-reactive ketones (excluding diaryl/α,β-unsaturated/α-hetero) is 1. The van der Waals surface area contributed by atoms with Gasteiger partial charge in [0.05, 0.1) is 6.61 Å². The molecule has 0 amide bonds. The molecule has 0 spiro atoms. The maximum Gasteiger partial charge on any atom is 0.163 e. The summed E-state index contributed by atoms with van der Waals surface area (Å²) in [6, 6.07) is 13.9. The van der Waals surface area contributed by atoms with Crippen LogP contribution in [-0.2, 0) is 0 Å². The van der Waals surface area contributed by atoms with E-state index in [1.807, 2.05) is 24.3 Å². The molecule has 0 saturated carbocycles. The van der Waals surface area contributed by atoms with E-state index in [-0.39, 0.29) is 11.5 Å². The minimum atomic E-state index is 0.111. The molecule has 1 N–H and O–H groups in total. The van der Waals surface area contributed by atoms with Gasteiger partial charge in [0, 0.05) is 12.0 Å². The van der Waals surface area contributed by atoms with E-state index in [0.717, 1.165) is 5.56 Å². The molecule has 0 unspecified atom stereocenters. The van der Waals surface area contributed by atoms with E-state index in [1.54, 1.807) is 30.3 Å². The molecule has 0 radical (unpaired) electrons. The Hall–Kier alpha value is -2.55. The first kappa shape index (κ1) is 14.9. The molecule has 0 saturated heterocycles. The Bertz CT molecular complexity index is 597. The fourth-order valence-electron chi connectivity index (χ4n) is 1.91. The van der Waals surface area contributed by atoms with Gasteiger partial charge in [0.25, 0.3) is 0 Å². The Kier molecular flexibility index (Phi) is 5.16. The van der Waals surface area contributed by atoms with Crippen molar-refractivity contribution < 1.29 is 14.6 Å². The third-order valence-electron chi connectivity index (χ3n) is 3.12. The summed E-state index contributed by atoms with van der Waals surface area (Å²) in [5.74, 6) is 1.01. The molecule has 0 bridgehead atoms. The molecule has 0 aliphatic heterocycles. The molecule has 0 atom stereocenters. The van der Waals surface area contributed by atoms with E-state index in [1.165, 1.54) is 0 Å². The van der Waals surface area contributed by atoms with Crippen LogP contribution in [0, 0.1) is 0 Å². The minimum absolute atomic E-state index is 0.111. The Morgan fingerprint density at radius 3 is 2.38 bits per heavy atom. The van der Waals surface area contributed by atoms with E-state index in [0.29, 0.717) is 30.8 Å². The Morgan fingerprint density at radius 1 is 1.10 bits per heavy atom. The van der Waals surface area contributed by atoms with E-state index in [9.17, 15) is 4.79 Å². The Balaban J connectivity index is 1.76. The SMILES string of the molecule is C=Cc1ccc(C(=O)CCCOc2ccc(O)cc2)cc1. The molecule has 0 aliphatic carbocycles. The van der Waals surface area contributed by atoms with Crippen molar-refractivity contribution in [1.82, 2.24) is 0 Å². The van der Waals surface area contributed by atoms with Crippen LogP contribution in [0.25, 0.3) is 6.08 Å². The number of ether oxygens (including phenoxy) is 1. The van der Waals surface area contributed by atoms with Gasteiger partial charge in [-0.3, -0.25) is 4.79 Å². The second kappa shape index (κ2) is 7.29. The smallest absolute Gasteiger partial charge is 0.163 e. The quantitative estimate of drug-likeness (QED) is 0.615. The molecule has 0 aliphatic rings. The van der Waals surface area contributed by atoms with Crippen LogP contribution in [0.5, 0.6) is 11.5 Å². The van der Waals surface area contributed by atoms with Crippen molar-refractivity contribution in [1.29, 1.82) is 0 Å². The lowest BCUT2D eigenvalue weighted by molar-refractivity contribution is 0.0973. The molecule has 108 valence electrons. The summed E-state index contributed by atoms with van der Waals surface area (Å²) in [4.78, 5) is 12.0. The van der Waals surface area contributed by atoms with Gasteiger partial charge in [-0.05, 0) is 36.2 Å². The maximum atomic E-state index is 12.0. The monoisotopic (exact) mass is 282 g/mol. The van der Waals surface area contributed by atoms with Crippen molar-refractivity contribution in [3.05, 3.63) is 66.2 Å². The molecule has 2 aromatic carbocycles. The van der Waals surface area contributed by atoms with E-state index < -0.39 is 0 Å². The molecule has 3 nitrogen and oxygen atoms in total. The highest BCUT2D eigenvalue weighted by molar-refractivity contribution is 5.96. The molecule has 2 aromatic rings. The summed E-state index contributed by atoms with van der Waals surface area (Å²) in [7, 11) is 0. The summed E-state index contributed by atoms with van der Waals surface area (Å²) in [6.45, 7) is 4.16. The zero-order valence-electron chi connectivity index (χ0n) is 11.8. The van der Waals surface area contributed by atoms with Crippen LogP contribution in [0.2, 0.25) is 0 Å². The summed E-state index contributed by atoms with van der Waals surface area (Å²) < 4.78 is 5.51. The summed E-state index contributed by atoms with van der Waals surface area (Å²) in [5.41, 5.74) is 1.72. The average Bonchev–Trinajstić information content (AvgIpc) is 2.53. The van der Waals surface area contributed by atoms with Crippen LogP contribution < -0.4 is 4.74 Å². The third-order valence-corrected chi connectivity index (χ3v) is 3.12. The van der Waals surface area contributed by atoms with Gasteiger partial charge in [-0.25, -0.2) is 0 Å². The van der Waals surface area contributed by atoms with Gasteiger partial charge in [0.2, 0.25) is 0 Å². The van der Waals surface area contributed by atoms with Crippen molar-refractivity contribution in [2.24, 2.45) is 0 Å². The maximum absolute atomic E-state index is 12.0. The predicted molar refractivity (Wildman–Crippen MR) is 83.7 cm³/mol. The molecule has 3 heteroatoms. The van der Waals surface area contributed by atoms with E-state index in [4.69, 9.17) is 9.84 Å². The van der Waals surface area contributed by atoms with Gasteiger partial charge in [-0.2, -0.15) is 0 Å². The van der Waals surface area contributed by atoms with Crippen molar-refractivity contribution >= 4 is 11.9 Å². The summed E-state index contributed by atoms with van der Waals surface area (Å²) in [6.07, 6.45) is 2.86. The Labute approximate surface area is 124 Å². The second-order valence-corrected chi connectivity index (χ2v) is 4.70. The number of carbonyl (C=O) groups is 1.